The van der Waals surface area contributed by atoms with Gasteiger partial charge in [0.25, 0.3) is 10.0 Å². The van der Waals surface area contributed by atoms with Crippen LogP contribution in [0.3, 0.4) is 0 Å². The summed E-state index contributed by atoms with van der Waals surface area (Å²) in [4.78, 5) is 20.6. The number of pyridine rings is 1. The van der Waals surface area contributed by atoms with Crippen molar-refractivity contribution in [3.63, 3.8) is 0 Å². The van der Waals surface area contributed by atoms with Crippen molar-refractivity contribution >= 4 is 39.1 Å². The van der Waals surface area contributed by atoms with Gasteiger partial charge in [-0.3, -0.25) is 10.0 Å². The Kier molecular flexibility index (Phi) is 6.71. The molecule has 3 rings (SSSR count). The standard InChI is InChI=1S/C22H23N5O4S2/c1-13-10-17(26-21(28)31-22(3,4)5)25-18(11-13)27-33(29,30)20-14(2)24-19(32-20)16-8-6-15(12-23)7-9-16/h6-11H,1-5H3,(H2,25,26,27,28). The maximum atomic E-state index is 13.1. The average molecular weight is 486 g/mol. The number of aromatic nitrogens is 2. The number of ether oxygens (including phenoxy) is 1. The Morgan fingerprint density at radius 1 is 1.09 bits per heavy atom. The van der Waals surface area contributed by atoms with Gasteiger partial charge in [0.05, 0.1) is 17.3 Å². The van der Waals surface area contributed by atoms with E-state index in [0.717, 1.165) is 11.3 Å². The van der Waals surface area contributed by atoms with Crippen molar-refractivity contribution in [2.75, 3.05) is 10.0 Å². The molecule has 11 heteroatoms. The average Bonchev–Trinajstić information content (AvgIpc) is 3.08. The molecular weight excluding hydrogens is 462 g/mol. The molecule has 3 aromatic rings. The third-order valence-corrected chi connectivity index (χ3v) is 7.27. The van der Waals surface area contributed by atoms with Gasteiger partial charge in [-0.15, -0.1) is 11.3 Å². The Morgan fingerprint density at radius 2 is 1.73 bits per heavy atom. The molecule has 0 aliphatic heterocycles. The SMILES string of the molecule is Cc1cc(NC(=O)OC(C)(C)C)nc(NS(=O)(=O)c2sc(-c3ccc(C#N)cc3)nc2C)c1. The largest absolute Gasteiger partial charge is 0.444 e. The number of hydrogen-bond acceptors (Lipinski definition) is 8. The van der Waals surface area contributed by atoms with Crippen molar-refractivity contribution in [3.8, 4) is 16.6 Å². The van der Waals surface area contributed by atoms with Crippen LogP contribution in [0.1, 0.15) is 37.6 Å². The molecule has 172 valence electrons. The highest BCUT2D eigenvalue weighted by molar-refractivity contribution is 7.94. The van der Waals surface area contributed by atoms with E-state index in [1.54, 1.807) is 71.0 Å². The van der Waals surface area contributed by atoms with E-state index < -0.39 is 21.7 Å². The highest BCUT2D eigenvalue weighted by Crippen LogP contribution is 2.32. The van der Waals surface area contributed by atoms with Gasteiger partial charge in [0.15, 0.2) is 4.21 Å². The lowest BCUT2D eigenvalue weighted by molar-refractivity contribution is 0.0635. The molecule has 0 fully saturated rings. The first-order valence-corrected chi connectivity index (χ1v) is 12.2. The fourth-order valence-corrected chi connectivity index (χ4v) is 5.33. The Labute approximate surface area is 196 Å². The Morgan fingerprint density at radius 3 is 2.33 bits per heavy atom. The number of carbonyl (C=O) groups is 1. The zero-order valence-corrected chi connectivity index (χ0v) is 20.4. The van der Waals surface area contributed by atoms with Gasteiger partial charge in [0, 0.05) is 5.56 Å². The molecule has 0 spiro atoms. The second-order valence-electron chi connectivity index (χ2n) is 8.23. The maximum absolute atomic E-state index is 13.1. The van der Waals surface area contributed by atoms with Crippen molar-refractivity contribution < 1.29 is 17.9 Å². The predicted octanol–water partition coefficient (Wildman–Crippen LogP) is 4.84. The highest BCUT2D eigenvalue weighted by atomic mass is 32.2. The number of carbonyl (C=O) groups excluding carboxylic acids is 1. The van der Waals surface area contributed by atoms with E-state index in [1.807, 2.05) is 6.07 Å². The molecule has 0 radical (unpaired) electrons. The number of aryl methyl sites for hydroxylation is 2. The molecule has 2 N–H and O–H groups in total. The molecule has 0 atom stereocenters. The van der Waals surface area contributed by atoms with Gasteiger partial charge in [-0.25, -0.2) is 23.2 Å². The number of nitrogens with zero attached hydrogens (tertiary/aromatic N) is 3. The second kappa shape index (κ2) is 9.17. The summed E-state index contributed by atoms with van der Waals surface area (Å²) in [5, 5.41) is 12.0. The summed E-state index contributed by atoms with van der Waals surface area (Å²) >= 11 is 1.02. The lowest BCUT2D eigenvalue weighted by Crippen LogP contribution is -2.27. The van der Waals surface area contributed by atoms with Crippen LogP contribution in [0, 0.1) is 25.2 Å². The molecule has 9 nitrogen and oxygen atoms in total. The first kappa shape index (κ1) is 24.2. The minimum atomic E-state index is -3.99. The van der Waals surface area contributed by atoms with Crippen LogP contribution in [0.15, 0.2) is 40.6 Å². The third-order valence-electron chi connectivity index (χ3n) is 4.10. The Balaban J connectivity index is 1.85. The van der Waals surface area contributed by atoms with Gasteiger partial charge in [-0.05, 0) is 64.4 Å². The van der Waals surface area contributed by atoms with Crippen molar-refractivity contribution in [2.45, 2.75) is 44.4 Å². The molecule has 1 amide bonds. The van der Waals surface area contributed by atoms with Gasteiger partial charge in [-0.1, -0.05) is 12.1 Å². The van der Waals surface area contributed by atoms with Crippen LogP contribution in [0.2, 0.25) is 0 Å². The summed E-state index contributed by atoms with van der Waals surface area (Å²) in [6, 6.07) is 11.9. The van der Waals surface area contributed by atoms with Crippen LogP contribution in [0.4, 0.5) is 16.4 Å². The fourth-order valence-electron chi connectivity index (χ4n) is 2.82. The first-order chi connectivity index (χ1) is 15.4. The Hall–Kier alpha value is -3.49. The van der Waals surface area contributed by atoms with E-state index >= 15 is 0 Å². The van der Waals surface area contributed by atoms with Crippen LogP contribution in [-0.4, -0.2) is 30.1 Å². The molecule has 2 heterocycles. The molecule has 0 saturated heterocycles. The molecule has 0 aliphatic carbocycles. The molecule has 0 saturated carbocycles. The molecule has 0 unspecified atom stereocenters. The number of anilines is 2. The number of rotatable bonds is 5. The van der Waals surface area contributed by atoms with E-state index in [1.165, 1.54) is 0 Å². The van der Waals surface area contributed by atoms with Gasteiger partial charge in [-0.2, -0.15) is 5.26 Å². The van der Waals surface area contributed by atoms with Crippen LogP contribution in [0.25, 0.3) is 10.6 Å². The summed E-state index contributed by atoms with van der Waals surface area (Å²) in [7, 11) is -3.99. The van der Waals surface area contributed by atoms with E-state index in [-0.39, 0.29) is 15.8 Å². The van der Waals surface area contributed by atoms with Crippen LogP contribution >= 0.6 is 11.3 Å². The number of nitriles is 1. The minimum Gasteiger partial charge on any atom is -0.444 e. The van der Waals surface area contributed by atoms with Crippen molar-refractivity contribution in [2.24, 2.45) is 0 Å². The van der Waals surface area contributed by atoms with Crippen molar-refractivity contribution in [1.29, 1.82) is 5.26 Å². The molecule has 0 bridgehead atoms. The Bertz CT molecular complexity index is 1330. The topological polar surface area (TPSA) is 134 Å². The molecule has 0 aliphatic rings. The molecule has 2 aromatic heterocycles. The van der Waals surface area contributed by atoms with Crippen LogP contribution < -0.4 is 10.0 Å². The fraction of sp³-hybridized carbons (Fsp3) is 0.273. The zero-order chi connectivity index (χ0) is 24.4. The van der Waals surface area contributed by atoms with Gasteiger partial charge >= 0.3 is 6.09 Å². The number of hydrogen-bond donors (Lipinski definition) is 2. The molecule has 33 heavy (non-hydrogen) atoms. The normalized spacial score (nSPS) is 11.5. The van der Waals surface area contributed by atoms with Crippen molar-refractivity contribution in [1.82, 2.24) is 9.97 Å². The van der Waals surface area contributed by atoms with Crippen molar-refractivity contribution in [3.05, 3.63) is 53.2 Å². The van der Waals surface area contributed by atoms with Gasteiger partial charge < -0.3 is 4.74 Å². The van der Waals surface area contributed by atoms with Gasteiger partial charge in [0.1, 0.15) is 22.2 Å². The zero-order valence-electron chi connectivity index (χ0n) is 18.8. The summed E-state index contributed by atoms with van der Waals surface area (Å²) < 4.78 is 33.8. The first-order valence-electron chi connectivity index (χ1n) is 9.86. The third kappa shape index (κ3) is 6.27. The summed E-state index contributed by atoms with van der Waals surface area (Å²) in [5.41, 5.74) is 1.55. The summed E-state index contributed by atoms with van der Waals surface area (Å²) in [6.07, 6.45) is -0.695. The number of nitrogens with one attached hydrogen (secondary N) is 2. The summed E-state index contributed by atoms with van der Waals surface area (Å²) in [6.45, 7) is 8.57. The van der Waals surface area contributed by atoms with E-state index in [9.17, 15) is 13.2 Å². The minimum absolute atomic E-state index is 0.0480. The maximum Gasteiger partial charge on any atom is 0.413 e. The van der Waals surface area contributed by atoms with E-state index in [0.29, 0.717) is 27.4 Å². The monoisotopic (exact) mass is 485 g/mol. The highest BCUT2D eigenvalue weighted by Gasteiger charge is 2.24. The predicted molar refractivity (Wildman–Crippen MR) is 127 cm³/mol. The van der Waals surface area contributed by atoms with Crippen LogP contribution in [-0.2, 0) is 14.8 Å². The summed E-state index contributed by atoms with van der Waals surface area (Å²) in [5.74, 6) is 0.204. The lowest BCUT2D eigenvalue weighted by atomic mass is 10.1. The number of thiazole rings is 1. The molecular formula is C22H23N5O4S2. The smallest absolute Gasteiger partial charge is 0.413 e. The van der Waals surface area contributed by atoms with Gasteiger partial charge in [0.2, 0.25) is 0 Å². The van der Waals surface area contributed by atoms with E-state index in [2.05, 4.69) is 20.0 Å². The quantitative estimate of drug-likeness (QED) is 0.528. The molecule has 1 aromatic carbocycles. The lowest BCUT2D eigenvalue weighted by Gasteiger charge is -2.19. The number of amides is 1. The number of benzene rings is 1. The van der Waals surface area contributed by atoms with E-state index in [4.69, 9.17) is 10.00 Å². The second-order valence-corrected chi connectivity index (χ2v) is 11.1. The van der Waals surface area contributed by atoms with Crippen LogP contribution in [0.5, 0.6) is 0 Å². The number of sulfonamides is 1.